The molecule has 7 nitrogen and oxygen atoms in total. The Morgan fingerprint density at radius 3 is 2.19 bits per heavy atom. The molecule has 0 unspecified atom stereocenters. The van der Waals surface area contributed by atoms with Crippen LogP contribution in [0.15, 0.2) is 36.4 Å². The van der Waals surface area contributed by atoms with Crippen molar-refractivity contribution >= 4 is 23.6 Å². The van der Waals surface area contributed by atoms with Gasteiger partial charge in [0.25, 0.3) is 0 Å². The minimum atomic E-state index is -5.05. The average Bonchev–Trinajstić information content (AvgIpc) is 2.81. The number of nitrogens with two attached hydrogens (primary N) is 1. The number of carbonyl (C=O) groups excluding carboxylic acids is 2. The van der Waals surface area contributed by atoms with E-state index in [0.29, 0.717) is 17.7 Å². The maximum Gasteiger partial charge on any atom is 0.416 e. The number of fused-ring (bicyclic) bond motifs is 1. The second kappa shape index (κ2) is 10.4. The Bertz CT molecular complexity index is 1140. The number of nitrogen functional groups attached to an aromatic ring is 1. The first-order valence-corrected chi connectivity index (χ1v) is 11.2. The maximum absolute atomic E-state index is 13.4. The highest BCUT2D eigenvalue weighted by molar-refractivity contribution is 5.94. The number of rotatable bonds is 4. The molecule has 2 atom stereocenters. The van der Waals surface area contributed by atoms with E-state index in [0.717, 1.165) is 12.0 Å². The quantitative estimate of drug-likeness (QED) is 0.365. The van der Waals surface area contributed by atoms with Crippen molar-refractivity contribution in [2.45, 2.75) is 51.2 Å². The summed E-state index contributed by atoms with van der Waals surface area (Å²) in [5, 5.41) is 0. The molecule has 1 heterocycles. The third-order valence-corrected chi connectivity index (χ3v) is 5.95. The van der Waals surface area contributed by atoms with Gasteiger partial charge >= 0.3 is 24.5 Å². The normalized spacial score (nSPS) is 17.7. The molecule has 0 fully saturated rings. The van der Waals surface area contributed by atoms with Crippen LogP contribution in [0.2, 0.25) is 0 Å². The third-order valence-electron chi connectivity index (χ3n) is 5.95. The van der Waals surface area contributed by atoms with Crippen molar-refractivity contribution in [1.29, 1.82) is 0 Å². The molecule has 2 N–H and O–H groups in total. The van der Waals surface area contributed by atoms with Crippen molar-refractivity contribution in [2.75, 3.05) is 24.4 Å². The SMILES string of the molecule is CCOC(=O)N1c2c(N)cccc2[C@@H](N(Cc2cc(C(F)(F)F)cc(C(F)(F)F)c2)C(=O)OC)C[C@H]1C. The van der Waals surface area contributed by atoms with E-state index in [1.807, 2.05) is 0 Å². The van der Waals surface area contributed by atoms with Gasteiger partial charge in [0.1, 0.15) is 0 Å². The first-order chi connectivity index (χ1) is 17.2. The summed E-state index contributed by atoms with van der Waals surface area (Å²) in [5.74, 6) is 0. The lowest BCUT2D eigenvalue weighted by atomic mass is 9.89. The number of ether oxygens (including phenoxy) is 2. The van der Waals surface area contributed by atoms with Gasteiger partial charge in [-0.25, -0.2) is 9.59 Å². The maximum atomic E-state index is 13.4. The number of hydrogen-bond donors (Lipinski definition) is 1. The predicted octanol–water partition coefficient (Wildman–Crippen LogP) is 6.37. The molecule has 0 spiro atoms. The van der Waals surface area contributed by atoms with Gasteiger partial charge < -0.3 is 15.2 Å². The van der Waals surface area contributed by atoms with E-state index < -0.39 is 59.9 Å². The summed E-state index contributed by atoms with van der Waals surface area (Å²) in [6, 6.07) is 4.29. The summed E-state index contributed by atoms with van der Waals surface area (Å²) in [4.78, 5) is 27.8. The van der Waals surface area contributed by atoms with Crippen LogP contribution >= 0.6 is 0 Å². The fourth-order valence-corrected chi connectivity index (χ4v) is 4.39. The topological polar surface area (TPSA) is 85.1 Å². The van der Waals surface area contributed by atoms with Crippen LogP contribution < -0.4 is 10.6 Å². The number of methoxy groups -OCH3 is 1. The lowest BCUT2D eigenvalue weighted by molar-refractivity contribution is -0.143. The highest BCUT2D eigenvalue weighted by Gasteiger charge is 2.41. The Morgan fingerprint density at radius 1 is 1.08 bits per heavy atom. The summed E-state index contributed by atoms with van der Waals surface area (Å²) >= 11 is 0. The number of para-hydroxylation sites is 1. The second-order valence-corrected chi connectivity index (χ2v) is 8.47. The van der Waals surface area contributed by atoms with Crippen molar-refractivity contribution in [3.8, 4) is 0 Å². The molecule has 37 heavy (non-hydrogen) atoms. The van der Waals surface area contributed by atoms with E-state index in [1.54, 1.807) is 26.0 Å². The zero-order chi connectivity index (χ0) is 27.7. The van der Waals surface area contributed by atoms with Gasteiger partial charge in [0.15, 0.2) is 0 Å². The molecule has 0 saturated heterocycles. The molecule has 2 amide bonds. The smallest absolute Gasteiger partial charge is 0.416 e. The van der Waals surface area contributed by atoms with Crippen molar-refractivity contribution in [2.24, 2.45) is 0 Å². The van der Waals surface area contributed by atoms with Gasteiger partial charge in [-0.2, -0.15) is 26.3 Å². The molecule has 0 aromatic heterocycles. The summed E-state index contributed by atoms with van der Waals surface area (Å²) in [6.07, 6.45) is -11.7. The molecule has 2 aromatic rings. The highest BCUT2D eigenvalue weighted by Crippen LogP contribution is 2.45. The first kappa shape index (κ1) is 27.9. The van der Waals surface area contributed by atoms with Gasteiger partial charge in [-0.3, -0.25) is 9.80 Å². The number of halogens is 6. The Balaban J connectivity index is 2.13. The zero-order valence-electron chi connectivity index (χ0n) is 20.1. The van der Waals surface area contributed by atoms with Crippen LogP contribution in [0.4, 0.5) is 47.3 Å². The summed E-state index contributed by atoms with van der Waals surface area (Å²) in [7, 11) is 1.04. The Labute approximate surface area is 208 Å². The van der Waals surface area contributed by atoms with Crippen molar-refractivity contribution in [1.82, 2.24) is 4.90 Å². The number of amides is 2. The van der Waals surface area contributed by atoms with E-state index in [-0.39, 0.29) is 30.5 Å². The van der Waals surface area contributed by atoms with Crippen molar-refractivity contribution in [3.05, 3.63) is 58.7 Å². The largest absolute Gasteiger partial charge is 0.453 e. The lowest BCUT2D eigenvalue weighted by Crippen LogP contribution is -2.48. The number of alkyl halides is 6. The third kappa shape index (κ3) is 5.86. The number of nitrogens with zero attached hydrogens (tertiary/aromatic N) is 2. The van der Waals surface area contributed by atoms with Gasteiger partial charge in [0.2, 0.25) is 0 Å². The van der Waals surface area contributed by atoms with Crippen molar-refractivity contribution in [3.63, 3.8) is 0 Å². The average molecular weight is 533 g/mol. The molecule has 3 rings (SSSR count). The Hall–Kier alpha value is -3.64. The minimum Gasteiger partial charge on any atom is -0.453 e. The van der Waals surface area contributed by atoms with E-state index in [9.17, 15) is 35.9 Å². The Morgan fingerprint density at radius 2 is 1.68 bits per heavy atom. The van der Waals surface area contributed by atoms with Crippen LogP contribution in [-0.2, 0) is 28.4 Å². The zero-order valence-corrected chi connectivity index (χ0v) is 20.1. The molecule has 202 valence electrons. The van der Waals surface area contributed by atoms with E-state index in [4.69, 9.17) is 15.2 Å². The van der Waals surface area contributed by atoms with E-state index in [2.05, 4.69) is 0 Å². The number of benzene rings is 2. The molecule has 0 aliphatic carbocycles. The fraction of sp³-hybridized carbons (Fsp3) is 0.417. The van der Waals surface area contributed by atoms with Crippen LogP contribution in [0.3, 0.4) is 0 Å². The standard InChI is InChI=1S/C24H25F6N3O4/c1-4-37-22(35)33-13(2)8-19(17-6-5-7-18(31)20(17)33)32(21(34)36-3)12-14-9-15(23(25,26)27)11-16(10-14)24(28,29)30/h5-7,9-11,13,19H,4,8,12,31H2,1-3H3/t13-,19+/m1/s1. The van der Waals surface area contributed by atoms with Gasteiger partial charge in [-0.05, 0) is 50.1 Å². The van der Waals surface area contributed by atoms with Gasteiger partial charge in [-0.1, -0.05) is 12.1 Å². The molecular formula is C24H25F6N3O4. The summed E-state index contributed by atoms with van der Waals surface area (Å²) < 4.78 is 90.3. The molecule has 1 aliphatic rings. The fourth-order valence-electron chi connectivity index (χ4n) is 4.39. The number of carbonyl (C=O) groups is 2. The molecule has 2 aromatic carbocycles. The monoisotopic (exact) mass is 533 g/mol. The molecule has 1 aliphatic heterocycles. The Kier molecular flexibility index (Phi) is 7.84. The van der Waals surface area contributed by atoms with Crippen LogP contribution in [0, 0.1) is 0 Å². The second-order valence-electron chi connectivity index (χ2n) is 8.47. The van der Waals surface area contributed by atoms with Crippen LogP contribution in [0.25, 0.3) is 0 Å². The number of anilines is 2. The molecule has 0 bridgehead atoms. The molecule has 0 saturated carbocycles. The van der Waals surface area contributed by atoms with Crippen molar-refractivity contribution < 1.29 is 45.4 Å². The van der Waals surface area contributed by atoms with E-state index >= 15 is 0 Å². The summed E-state index contributed by atoms with van der Waals surface area (Å²) in [5.41, 5.74) is 3.51. The predicted molar refractivity (Wildman–Crippen MR) is 122 cm³/mol. The molecular weight excluding hydrogens is 508 g/mol. The highest BCUT2D eigenvalue weighted by atomic mass is 19.4. The van der Waals surface area contributed by atoms with Crippen LogP contribution in [0.1, 0.15) is 48.6 Å². The molecule has 0 radical (unpaired) electrons. The van der Waals surface area contributed by atoms with Crippen LogP contribution in [-0.4, -0.2) is 36.8 Å². The van der Waals surface area contributed by atoms with Gasteiger partial charge in [0.05, 0.1) is 42.3 Å². The minimum absolute atomic E-state index is 0.0158. The summed E-state index contributed by atoms with van der Waals surface area (Å²) in [6.45, 7) is 2.72. The molecule has 13 heteroatoms. The van der Waals surface area contributed by atoms with E-state index in [1.165, 1.54) is 11.0 Å². The van der Waals surface area contributed by atoms with Crippen LogP contribution in [0.5, 0.6) is 0 Å². The van der Waals surface area contributed by atoms with Gasteiger partial charge in [0, 0.05) is 18.2 Å². The number of hydrogen-bond acceptors (Lipinski definition) is 5. The first-order valence-electron chi connectivity index (χ1n) is 11.2. The lowest BCUT2D eigenvalue weighted by Gasteiger charge is -2.43. The van der Waals surface area contributed by atoms with Gasteiger partial charge in [-0.15, -0.1) is 0 Å².